The highest BCUT2D eigenvalue weighted by atomic mass is 19.4. The SMILES string of the molecule is O=C(OCc1ccccc1)N1CC2CC(C1)C21CC(=O)N(c2ccc(C(F)(F)F)nc2)C1. The Balaban J connectivity index is 1.22. The summed E-state index contributed by atoms with van der Waals surface area (Å²) in [4.78, 5) is 32.0. The first-order chi connectivity index (χ1) is 15.3. The molecule has 3 saturated heterocycles. The normalized spacial score (nSPS) is 26.9. The third kappa shape index (κ3) is 3.49. The van der Waals surface area contributed by atoms with Crippen LogP contribution in [0.3, 0.4) is 0 Å². The fraction of sp³-hybridized carbons (Fsp3) is 0.435. The van der Waals surface area contributed by atoms with E-state index in [1.807, 2.05) is 30.3 Å². The quantitative estimate of drug-likeness (QED) is 0.713. The summed E-state index contributed by atoms with van der Waals surface area (Å²) in [7, 11) is 0. The maximum Gasteiger partial charge on any atom is 0.433 e. The summed E-state index contributed by atoms with van der Waals surface area (Å²) in [5, 5.41) is 0. The smallest absolute Gasteiger partial charge is 0.433 e. The van der Waals surface area contributed by atoms with Crippen LogP contribution in [-0.2, 0) is 22.3 Å². The standard InChI is InChI=1S/C23H22F3N3O3/c24-23(25,26)19-7-6-18(10-27-19)29-14-22(9-20(29)30)16-8-17(22)12-28(11-16)21(31)32-13-15-4-2-1-3-5-15/h1-7,10,16-17H,8-9,11-14H2. The molecule has 168 valence electrons. The molecule has 32 heavy (non-hydrogen) atoms. The second-order valence-corrected chi connectivity index (χ2v) is 8.86. The summed E-state index contributed by atoms with van der Waals surface area (Å²) in [6, 6.07) is 11.7. The maximum atomic E-state index is 12.8. The number of piperidine rings is 2. The van der Waals surface area contributed by atoms with E-state index in [2.05, 4.69) is 4.98 Å². The van der Waals surface area contributed by atoms with Crippen LogP contribution >= 0.6 is 0 Å². The van der Waals surface area contributed by atoms with Crippen LogP contribution < -0.4 is 4.90 Å². The van der Waals surface area contributed by atoms with Crippen molar-refractivity contribution in [2.45, 2.75) is 25.6 Å². The summed E-state index contributed by atoms with van der Waals surface area (Å²) in [5.74, 6) is 0.227. The lowest BCUT2D eigenvalue weighted by Crippen LogP contribution is -2.64. The van der Waals surface area contributed by atoms with Crippen LogP contribution in [0.25, 0.3) is 0 Å². The first-order valence-corrected chi connectivity index (χ1v) is 10.6. The summed E-state index contributed by atoms with van der Waals surface area (Å²) in [5.41, 5.74) is 0.0779. The molecular weight excluding hydrogens is 423 g/mol. The van der Waals surface area contributed by atoms with Crippen molar-refractivity contribution in [2.75, 3.05) is 24.5 Å². The Hall–Kier alpha value is -3.10. The van der Waals surface area contributed by atoms with Gasteiger partial charge in [-0.3, -0.25) is 4.79 Å². The molecule has 2 atom stereocenters. The molecule has 1 saturated carbocycles. The molecule has 2 aromatic rings. The number of pyridine rings is 1. The zero-order valence-corrected chi connectivity index (χ0v) is 17.2. The average molecular weight is 445 g/mol. The van der Waals surface area contributed by atoms with Gasteiger partial charge in [0.15, 0.2) is 0 Å². The summed E-state index contributed by atoms with van der Waals surface area (Å²) in [6.07, 6.45) is -2.48. The van der Waals surface area contributed by atoms with Crippen molar-refractivity contribution in [3.05, 3.63) is 59.9 Å². The molecule has 2 unspecified atom stereocenters. The van der Waals surface area contributed by atoms with Gasteiger partial charge in [0.25, 0.3) is 0 Å². The van der Waals surface area contributed by atoms with Crippen molar-refractivity contribution in [2.24, 2.45) is 17.3 Å². The van der Waals surface area contributed by atoms with Gasteiger partial charge in [-0.2, -0.15) is 13.2 Å². The highest BCUT2D eigenvalue weighted by Gasteiger charge is 2.63. The third-order valence-electron chi connectivity index (χ3n) is 7.12. The molecule has 6 nitrogen and oxygen atoms in total. The van der Waals surface area contributed by atoms with Crippen LogP contribution in [0.1, 0.15) is 24.1 Å². The van der Waals surface area contributed by atoms with Crippen molar-refractivity contribution in [1.29, 1.82) is 0 Å². The first kappa shape index (κ1) is 20.8. The minimum atomic E-state index is -4.52. The van der Waals surface area contributed by atoms with E-state index in [-0.39, 0.29) is 35.9 Å². The van der Waals surface area contributed by atoms with Crippen LogP contribution in [0.4, 0.5) is 23.7 Å². The minimum Gasteiger partial charge on any atom is -0.445 e. The molecule has 3 aliphatic heterocycles. The number of rotatable bonds is 3. The van der Waals surface area contributed by atoms with Crippen molar-refractivity contribution >= 4 is 17.7 Å². The topological polar surface area (TPSA) is 62.7 Å². The number of aromatic nitrogens is 1. The Morgan fingerprint density at radius 2 is 1.84 bits per heavy atom. The highest BCUT2D eigenvalue weighted by Crippen LogP contribution is 2.60. The van der Waals surface area contributed by atoms with Crippen LogP contribution in [0, 0.1) is 17.3 Å². The Morgan fingerprint density at radius 1 is 1.12 bits per heavy atom. The number of hydrogen-bond donors (Lipinski definition) is 0. The molecular formula is C23H22F3N3O3. The summed E-state index contributed by atoms with van der Waals surface area (Å²) in [6.45, 7) is 1.71. The minimum absolute atomic E-state index is 0.110. The average Bonchev–Trinajstić information content (AvgIpc) is 3.17. The van der Waals surface area contributed by atoms with Gasteiger partial charge in [-0.15, -0.1) is 0 Å². The summed E-state index contributed by atoms with van der Waals surface area (Å²) >= 11 is 0. The number of fused-ring (bicyclic) bond motifs is 2. The number of ether oxygens (including phenoxy) is 1. The van der Waals surface area contributed by atoms with Gasteiger partial charge < -0.3 is 14.5 Å². The van der Waals surface area contributed by atoms with Crippen molar-refractivity contribution in [3.8, 4) is 0 Å². The Bertz CT molecular complexity index is 1010. The fourth-order valence-electron chi connectivity index (χ4n) is 5.38. The molecule has 1 aromatic carbocycles. The predicted octanol–water partition coefficient (Wildman–Crippen LogP) is 4.11. The first-order valence-electron chi connectivity index (χ1n) is 10.6. The predicted molar refractivity (Wildman–Crippen MR) is 108 cm³/mol. The molecule has 4 fully saturated rings. The van der Waals surface area contributed by atoms with Crippen LogP contribution in [0.2, 0.25) is 0 Å². The van der Waals surface area contributed by atoms with E-state index in [1.165, 1.54) is 11.0 Å². The van der Waals surface area contributed by atoms with Gasteiger partial charge >= 0.3 is 12.3 Å². The van der Waals surface area contributed by atoms with E-state index in [0.29, 0.717) is 31.7 Å². The molecule has 4 heterocycles. The number of hydrogen-bond acceptors (Lipinski definition) is 4. The third-order valence-corrected chi connectivity index (χ3v) is 7.12. The second kappa shape index (κ2) is 7.50. The summed E-state index contributed by atoms with van der Waals surface area (Å²) < 4.78 is 43.8. The fourth-order valence-corrected chi connectivity index (χ4v) is 5.38. The van der Waals surface area contributed by atoms with Crippen LogP contribution in [-0.4, -0.2) is 41.5 Å². The molecule has 0 radical (unpaired) electrons. The second-order valence-electron chi connectivity index (χ2n) is 8.86. The molecule has 9 heteroatoms. The Labute approximate surface area is 183 Å². The van der Waals surface area contributed by atoms with E-state index in [1.54, 1.807) is 4.90 Å². The maximum absolute atomic E-state index is 12.8. The van der Waals surface area contributed by atoms with Gasteiger partial charge in [0, 0.05) is 31.5 Å². The van der Waals surface area contributed by atoms with E-state index in [4.69, 9.17) is 4.74 Å². The molecule has 4 aliphatic rings. The van der Waals surface area contributed by atoms with Gasteiger partial charge in [0.05, 0.1) is 11.9 Å². The number of carbonyl (C=O) groups is 2. The molecule has 1 spiro atoms. The lowest BCUT2D eigenvalue weighted by Gasteiger charge is -2.60. The number of halogens is 3. The number of benzene rings is 1. The molecule has 1 aliphatic carbocycles. The van der Waals surface area contributed by atoms with Gasteiger partial charge in [0.2, 0.25) is 5.91 Å². The monoisotopic (exact) mass is 445 g/mol. The molecule has 6 rings (SSSR count). The Kier molecular flexibility index (Phi) is 4.87. The van der Waals surface area contributed by atoms with E-state index in [9.17, 15) is 22.8 Å². The molecule has 1 aromatic heterocycles. The van der Waals surface area contributed by atoms with Crippen LogP contribution in [0.5, 0.6) is 0 Å². The van der Waals surface area contributed by atoms with E-state index < -0.39 is 11.9 Å². The van der Waals surface area contributed by atoms with Gasteiger partial charge in [-0.25, -0.2) is 9.78 Å². The van der Waals surface area contributed by atoms with Gasteiger partial charge in [-0.1, -0.05) is 30.3 Å². The van der Waals surface area contributed by atoms with Gasteiger partial charge in [-0.05, 0) is 36.0 Å². The zero-order chi connectivity index (χ0) is 22.5. The largest absolute Gasteiger partial charge is 0.445 e. The lowest BCUT2D eigenvalue weighted by atomic mass is 9.50. The number of carbonyl (C=O) groups excluding carboxylic acids is 2. The van der Waals surface area contributed by atoms with E-state index >= 15 is 0 Å². The van der Waals surface area contributed by atoms with E-state index in [0.717, 1.165) is 24.2 Å². The number of anilines is 1. The van der Waals surface area contributed by atoms with Crippen LogP contribution in [0.15, 0.2) is 48.7 Å². The lowest BCUT2D eigenvalue weighted by molar-refractivity contribution is -0.141. The highest BCUT2D eigenvalue weighted by molar-refractivity contribution is 5.96. The molecule has 2 amide bonds. The number of amides is 2. The van der Waals surface area contributed by atoms with Gasteiger partial charge in [0.1, 0.15) is 12.3 Å². The number of alkyl halides is 3. The van der Waals surface area contributed by atoms with Crippen molar-refractivity contribution in [3.63, 3.8) is 0 Å². The molecule has 0 N–H and O–H groups in total. The van der Waals surface area contributed by atoms with Crippen molar-refractivity contribution < 1.29 is 27.5 Å². The molecule has 2 bridgehead atoms. The Morgan fingerprint density at radius 3 is 2.47 bits per heavy atom. The zero-order valence-electron chi connectivity index (χ0n) is 17.2. The number of nitrogens with zero attached hydrogens (tertiary/aromatic N) is 3. The van der Waals surface area contributed by atoms with Crippen molar-refractivity contribution in [1.82, 2.24) is 9.88 Å².